The van der Waals surface area contributed by atoms with E-state index >= 15 is 0 Å². The van der Waals surface area contributed by atoms with Crippen LogP contribution in [0.5, 0.6) is 5.75 Å². The number of ether oxygens (including phenoxy) is 1. The summed E-state index contributed by atoms with van der Waals surface area (Å²) in [5.41, 5.74) is -0.374. The van der Waals surface area contributed by atoms with Crippen molar-refractivity contribution in [1.29, 1.82) is 0 Å². The summed E-state index contributed by atoms with van der Waals surface area (Å²) in [5.74, 6) is -0.261. The van der Waals surface area contributed by atoms with Crippen LogP contribution in [0.3, 0.4) is 0 Å². The zero-order valence-electron chi connectivity index (χ0n) is 18.0. The molecule has 7 nitrogen and oxygen atoms in total. The van der Waals surface area contributed by atoms with Crippen LogP contribution in [0.2, 0.25) is 0 Å². The van der Waals surface area contributed by atoms with Crippen molar-refractivity contribution in [1.82, 2.24) is 10.2 Å². The van der Waals surface area contributed by atoms with Gasteiger partial charge < -0.3 is 10.1 Å². The van der Waals surface area contributed by atoms with E-state index in [9.17, 15) is 22.8 Å². The summed E-state index contributed by atoms with van der Waals surface area (Å²) < 4.78 is 44.3. The maximum absolute atomic E-state index is 12.8. The van der Waals surface area contributed by atoms with Gasteiger partial charge in [-0.1, -0.05) is 42.5 Å². The Hall–Kier alpha value is -3.12. The van der Waals surface area contributed by atoms with E-state index in [1.54, 1.807) is 24.3 Å². The van der Waals surface area contributed by atoms with Crippen molar-refractivity contribution in [2.24, 2.45) is 0 Å². The lowest BCUT2D eigenvalue weighted by atomic mass is 10.2. The number of amides is 2. The average Bonchev–Trinajstić information content (AvgIpc) is 3.25. The summed E-state index contributed by atoms with van der Waals surface area (Å²) in [4.78, 5) is 24.5. The molecule has 2 amide bonds. The van der Waals surface area contributed by atoms with Crippen LogP contribution in [-0.2, 0) is 11.0 Å². The molecular formula is C22H21F3N4O3S2. The largest absolute Gasteiger partial charge is 0.494 e. The molecule has 0 bridgehead atoms. The number of alkyl halides is 3. The molecule has 3 rings (SSSR count). The van der Waals surface area contributed by atoms with Gasteiger partial charge in [-0.3, -0.25) is 14.9 Å². The molecule has 12 heteroatoms. The first-order valence-electron chi connectivity index (χ1n) is 10.2. The van der Waals surface area contributed by atoms with E-state index in [1.807, 2.05) is 0 Å². The van der Waals surface area contributed by atoms with Gasteiger partial charge in [0.25, 0.3) is 5.91 Å². The highest BCUT2D eigenvalue weighted by molar-refractivity contribution is 8.01. The Bertz CT molecular complexity index is 1120. The average molecular weight is 511 g/mol. The first-order chi connectivity index (χ1) is 16.2. The monoisotopic (exact) mass is 510 g/mol. The Morgan fingerprint density at radius 2 is 1.85 bits per heavy atom. The zero-order valence-corrected chi connectivity index (χ0v) is 19.6. The summed E-state index contributed by atoms with van der Waals surface area (Å²) in [6, 6.07) is 11.1. The van der Waals surface area contributed by atoms with Gasteiger partial charge >= 0.3 is 6.18 Å². The van der Waals surface area contributed by atoms with Gasteiger partial charge in [-0.25, -0.2) is 0 Å². The maximum atomic E-state index is 12.8. The lowest BCUT2D eigenvalue weighted by Gasteiger charge is -2.09. The van der Waals surface area contributed by atoms with Gasteiger partial charge in [-0.05, 0) is 48.9 Å². The molecule has 0 atom stereocenters. The predicted molar refractivity (Wildman–Crippen MR) is 126 cm³/mol. The number of hydrogen-bond acceptors (Lipinski definition) is 7. The van der Waals surface area contributed by atoms with Crippen LogP contribution >= 0.6 is 23.1 Å². The molecule has 0 spiro atoms. The molecule has 2 N–H and O–H groups in total. The highest BCUT2D eigenvalue weighted by Gasteiger charge is 2.30. The number of benzene rings is 2. The second-order valence-electron chi connectivity index (χ2n) is 6.97. The fraction of sp³-hybridized carbons (Fsp3) is 0.273. The van der Waals surface area contributed by atoms with Crippen LogP contribution in [0.1, 0.15) is 35.7 Å². The molecule has 0 radical (unpaired) electrons. The van der Waals surface area contributed by atoms with Crippen molar-refractivity contribution in [2.45, 2.75) is 30.3 Å². The van der Waals surface area contributed by atoms with Crippen LogP contribution in [0, 0.1) is 0 Å². The highest BCUT2D eigenvalue weighted by atomic mass is 32.2. The lowest BCUT2D eigenvalue weighted by Crippen LogP contribution is -2.15. The number of carbonyl (C=O) groups excluding carboxylic acids is 2. The van der Waals surface area contributed by atoms with E-state index in [-0.39, 0.29) is 22.5 Å². The van der Waals surface area contributed by atoms with E-state index in [0.717, 1.165) is 48.1 Å². The van der Waals surface area contributed by atoms with Crippen molar-refractivity contribution in [3.05, 3.63) is 59.7 Å². The molecule has 0 fully saturated rings. The zero-order chi connectivity index (χ0) is 24.6. The Balaban J connectivity index is 1.48. The summed E-state index contributed by atoms with van der Waals surface area (Å²) in [7, 11) is 0. The van der Waals surface area contributed by atoms with E-state index < -0.39 is 17.6 Å². The smallest absolute Gasteiger partial charge is 0.416 e. The molecule has 2 aromatic carbocycles. The molecule has 0 aliphatic carbocycles. The molecule has 1 aromatic heterocycles. The Morgan fingerprint density at radius 1 is 1.09 bits per heavy atom. The fourth-order valence-corrected chi connectivity index (χ4v) is 4.17. The summed E-state index contributed by atoms with van der Waals surface area (Å²) >= 11 is 2.14. The molecule has 180 valence electrons. The van der Waals surface area contributed by atoms with E-state index in [4.69, 9.17) is 4.74 Å². The Labute approximate surface area is 202 Å². The number of nitrogens with one attached hydrogen (secondary N) is 2. The maximum Gasteiger partial charge on any atom is 0.416 e. The lowest BCUT2D eigenvalue weighted by molar-refractivity contribution is -0.137. The van der Waals surface area contributed by atoms with Gasteiger partial charge in [0, 0.05) is 11.3 Å². The van der Waals surface area contributed by atoms with Gasteiger partial charge in [-0.15, -0.1) is 10.2 Å². The minimum absolute atomic E-state index is 0.0485. The number of anilines is 2. The van der Waals surface area contributed by atoms with Gasteiger partial charge in [0.2, 0.25) is 11.0 Å². The molecule has 0 aliphatic rings. The number of thioether (sulfide) groups is 1. The van der Waals surface area contributed by atoms with Crippen LogP contribution in [0.4, 0.5) is 24.0 Å². The second-order valence-corrected chi connectivity index (χ2v) is 9.17. The third-order valence-electron chi connectivity index (χ3n) is 4.31. The summed E-state index contributed by atoms with van der Waals surface area (Å²) in [5, 5.41) is 13.1. The van der Waals surface area contributed by atoms with Gasteiger partial charge in [-0.2, -0.15) is 13.2 Å². The predicted octanol–water partition coefficient (Wildman–Crippen LogP) is 5.72. The number of nitrogens with zero attached hydrogens (tertiary/aromatic N) is 2. The topological polar surface area (TPSA) is 93.2 Å². The quantitative estimate of drug-likeness (QED) is 0.206. The van der Waals surface area contributed by atoms with Gasteiger partial charge in [0.05, 0.1) is 17.9 Å². The van der Waals surface area contributed by atoms with Crippen LogP contribution in [0.25, 0.3) is 0 Å². The normalized spacial score (nSPS) is 11.2. The molecule has 34 heavy (non-hydrogen) atoms. The number of hydrogen-bond donors (Lipinski definition) is 2. The standard InChI is InChI=1S/C22H21F3N4O3S2/c1-2-3-11-32-17-9-7-14(8-10-17)19(31)27-20-28-29-21(34-20)33-13-18(30)26-16-6-4-5-15(12-16)22(23,24)25/h4-10,12H,2-3,11,13H2,1H3,(H,26,30)(H,27,28,31). The third-order valence-corrected chi connectivity index (χ3v) is 6.28. The van der Waals surface area contributed by atoms with Gasteiger partial charge in [0.15, 0.2) is 4.34 Å². The summed E-state index contributed by atoms with van der Waals surface area (Å²) in [6.45, 7) is 2.69. The second kappa shape index (κ2) is 11.8. The summed E-state index contributed by atoms with van der Waals surface area (Å²) in [6.07, 6.45) is -2.51. The minimum Gasteiger partial charge on any atom is -0.494 e. The molecule has 1 heterocycles. The van der Waals surface area contributed by atoms with E-state index in [1.165, 1.54) is 12.1 Å². The van der Waals surface area contributed by atoms with Crippen molar-refractivity contribution >= 4 is 45.7 Å². The minimum atomic E-state index is -4.49. The number of unbranched alkanes of at least 4 members (excludes halogenated alkanes) is 1. The number of carbonyl (C=O) groups is 2. The number of aromatic nitrogens is 2. The molecule has 0 aliphatic heterocycles. The first kappa shape index (κ1) is 25.5. The molecule has 0 saturated heterocycles. The molecule has 0 unspecified atom stereocenters. The van der Waals surface area contributed by atoms with Crippen LogP contribution in [0.15, 0.2) is 52.9 Å². The number of halogens is 3. The SMILES string of the molecule is CCCCOc1ccc(C(=O)Nc2nnc(SCC(=O)Nc3cccc(C(F)(F)F)c3)s2)cc1. The first-order valence-corrected chi connectivity index (χ1v) is 12.0. The van der Waals surface area contributed by atoms with Crippen molar-refractivity contribution in [3.63, 3.8) is 0 Å². The third kappa shape index (κ3) is 7.73. The van der Waals surface area contributed by atoms with Crippen molar-refractivity contribution in [2.75, 3.05) is 23.0 Å². The van der Waals surface area contributed by atoms with E-state index in [0.29, 0.717) is 22.3 Å². The number of rotatable bonds is 10. The van der Waals surface area contributed by atoms with Gasteiger partial charge in [0.1, 0.15) is 5.75 Å². The molecule has 0 saturated carbocycles. The van der Waals surface area contributed by atoms with E-state index in [2.05, 4.69) is 27.8 Å². The van der Waals surface area contributed by atoms with Crippen molar-refractivity contribution in [3.8, 4) is 5.75 Å². The highest BCUT2D eigenvalue weighted by Crippen LogP contribution is 2.31. The molecular weight excluding hydrogens is 489 g/mol. The van der Waals surface area contributed by atoms with Crippen LogP contribution in [-0.4, -0.2) is 34.4 Å². The van der Waals surface area contributed by atoms with Crippen LogP contribution < -0.4 is 15.4 Å². The molecule has 3 aromatic rings. The Kier molecular flexibility index (Phi) is 8.88. The Morgan fingerprint density at radius 3 is 2.56 bits per heavy atom. The van der Waals surface area contributed by atoms with Crippen molar-refractivity contribution < 1.29 is 27.5 Å². The fourth-order valence-electron chi connectivity index (χ4n) is 2.62.